The van der Waals surface area contributed by atoms with E-state index in [1.807, 2.05) is 38.1 Å². The van der Waals surface area contributed by atoms with Gasteiger partial charge in [0.25, 0.3) is 0 Å². The Hall–Kier alpha value is -0.930. The van der Waals surface area contributed by atoms with Gasteiger partial charge in [-0.2, -0.15) is 0 Å². The minimum atomic E-state index is 0.0478. The van der Waals surface area contributed by atoms with Crippen LogP contribution >= 0.6 is 31.9 Å². The molecule has 0 saturated carbocycles. The first-order valence-corrected chi connectivity index (χ1v) is 9.07. The molecular weight excluding hydrogens is 404 g/mol. The molecule has 116 valence electrons. The summed E-state index contributed by atoms with van der Waals surface area (Å²) in [6, 6.07) is 16.4. The maximum absolute atomic E-state index is 12.6. The quantitative estimate of drug-likeness (QED) is 0.570. The summed E-state index contributed by atoms with van der Waals surface area (Å²) in [6.45, 7) is 4.06. The van der Waals surface area contributed by atoms with Crippen LogP contribution in [0.5, 0.6) is 0 Å². The number of hydrogen-bond donors (Lipinski definition) is 0. The van der Waals surface area contributed by atoms with Crippen molar-refractivity contribution in [3.05, 3.63) is 68.6 Å². The van der Waals surface area contributed by atoms with Crippen LogP contribution in [0.15, 0.2) is 57.5 Å². The highest BCUT2D eigenvalue weighted by molar-refractivity contribution is 9.10. The summed E-state index contributed by atoms with van der Waals surface area (Å²) in [5.74, 6) is 0.434. The Labute approximate surface area is 149 Å². The van der Waals surface area contributed by atoms with Gasteiger partial charge in [-0.15, -0.1) is 0 Å². The van der Waals surface area contributed by atoms with E-state index in [0.717, 1.165) is 21.8 Å². The van der Waals surface area contributed by atoms with Gasteiger partial charge in [0.1, 0.15) is 5.78 Å². The van der Waals surface area contributed by atoms with Crippen LogP contribution in [0, 0.1) is 11.8 Å². The first-order chi connectivity index (χ1) is 10.5. The largest absolute Gasteiger partial charge is 0.299 e. The molecule has 0 aliphatic heterocycles. The van der Waals surface area contributed by atoms with Gasteiger partial charge in [-0.3, -0.25) is 4.79 Å². The van der Waals surface area contributed by atoms with Gasteiger partial charge in [-0.25, -0.2) is 0 Å². The van der Waals surface area contributed by atoms with Crippen LogP contribution in [0.2, 0.25) is 0 Å². The number of carbonyl (C=O) groups excluding carboxylic acids is 1. The molecule has 1 nitrogen and oxygen atoms in total. The lowest BCUT2D eigenvalue weighted by Crippen LogP contribution is -2.22. The number of Topliss-reactive ketones (excluding diaryl/α,β-unsaturated/α-hetero) is 1. The molecule has 0 amide bonds. The number of carbonyl (C=O) groups is 1. The van der Waals surface area contributed by atoms with E-state index in [9.17, 15) is 4.79 Å². The highest BCUT2D eigenvalue weighted by atomic mass is 79.9. The first kappa shape index (κ1) is 17.4. The zero-order valence-corrected chi connectivity index (χ0v) is 16.0. The van der Waals surface area contributed by atoms with E-state index in [2.05, 4.69) is 56.1 Å². The van der Waals surface area contributed by atoms with Crippen molar-refractivity contribution >= 4 is 37.6 Å². The van der Waals surface area contributed by atoms with Crippen LogP contribution in [-0.2, 0) is 17.6 Å². The van der Waals surface area contributed by atoms with Gasteiger partial charge >= 0.3 is 0 Å². The third-order valence-electron chi connectivity index (χ3n) is 3.88. The van der Waals surface area contributed by atoms with Crippen molar-refractivity contribution in [1.29, 1.82) is 0 Å². The van der Waals surface area contributed by atoms with Crippen LogP contribution in [0.3, 0.4) is 0 Å². The Morgan fingerprint density at radius 2 is 1.09 bits per heavy atom. The molecule has 2 atom stereocenters. The van der Waals surface area contributed by atoms with Crippen LogP contribution in [0.1, 0.15) is 25.0 Å². The molecule has 2 unspecified atom stereocenters. The summed E-state index contributed by atoms with van der Waals surface area (Å²) < 4.78 is 2.14. The second kappa shape index (κ2) is 8.07. The molecule has 22 heavy (non-hydrogen) atoms. The van der Waals surface area contributed by atoms with Gasteiger partial charge in [0, 0.05) is 20.8 Å². The SMILES string of the molecule is CC(Cc1ccc(Br)cc1)C(=O)C(C)Cc1ccc(Br)cc1. The number of hydrogen-bond acceptors (Lipinski definition) is 1. The molecule has 2 aromatic carbocycles. The summed E-state index contributed by atoms with van der Waals surface area (Å²) in [5, 5.41) is 0. The Balaban J connectivity index is 1.94. The number of ketones is 1. The van der Waals surface area contributed by atoms with E-state index >= 15 is 0 Å². The maximum atomic E-state index is 12.6. The standard InChI is InChI=1S/C19H20Br2O/c1-13(11-15-3-7-17(20)8-4-15)19(22)14(2)12-16-5-9-18(21)10-6-16/h3-10,13-14H,11-12H2,1-2H3. The van der Waals surface area contributed by atoms with Crippen molar-refractivity contribution in [3.8, 4) is 0 Å². The molecule has 0 aliphatic rings. The Bertz CT molecular complexity index is 561. The van der Waals surface area contributed by atoms with Crippen LogP contribution in [0.25, 0.3) is 0 Å². The van der Waals surface area contributed by atoms with Gasteiger partial charge in [0.2, 0.25) is 0 Å². The lowest BCUT2D eigenvalue weighted by atomic mass is 9.87. The summed E-state index contributed by atoms with van der Waals surface area (Å²) in [6.07, 6.45) is 1.60. The smallest absolute Gasteiger partial charge is 0.139 e. The van der Waals surface area contributed by atoms with E-state index in [-0.39, 0.29) is 11.8 Å². The fourth-order valence-corrected chi connectivity index (χ4v) is 3.16. The lowest BCUT2D eigenvalue weighted by Gasteiger charge is -2.16. The summed E-state index contributed by atoms with van der Waals surface area (Å²) in [4.78, 5) is 12.6. The summed E-state index contributed by atoms with van der Waals surface area (Å²) >= 11 is 6.87. The summed E-state index contributed by atoms with van der Waals surface area (Å²) in [7, 11) is 0. The van der Waals surface area contributed by atoms with Crippen molar-refractivity contribution < 1.29 is 4.79 Å². The van der Waals surface area contributed by atoms with Gasteiger partial charge in [-0.1, -0.05) is 70.0 Å². The second-order valence-corrected chi connectivity index (χ2v) is 7.70. The molecule has 2 aromatic rings. The lowest BCUT2D eigenvalue weighted by molar-refractivity contribution is -0.125. The fourth-order valence-electron chi connectivity index (χ4n) is 2.63. The number of halogens is 2. The van der Waals surface area contributed by atoms with Gasteiger partial charge in [0.05, 0.1) is 0 Å². The van der Waals surface area contributed by atoms with Gasteiger partial charge in [-0.05, 0) is 48.2 Å². The molecule has 0 saturated heterocycles. The molecule has 0 fully saturated rings. The van der Waals surface area contributed by atoms with Crippen LogP contribution in [0.4, 0.5) is 0 Å². The molecular formula is C19H20Br2O. The fraction of sp³-hybridized carbons (Fsp3) is 0.316. The highest BCUT2D eigenvalue weighted by Gasteiger charge is 2.20. The Morgan fingerprint density at radius 1 is 0.773 bits per heavy atom. The monoisotopic (exact) mass is 422 g/mol. The van der Waals surface area contributed by atoms with Crippen molar-refractivity contribution in [3.63, 3.8) is 0 Å². The number of rotatable bonds is 6. The molecule has 0 N–H and O–H groups in total. The van der Waals surface area contributed by atoms with E-state index < -0.39 is 0 Å². The minimum absolute atomic E-state index is 0.0478. The third-order valence-corrected chi connectivity index (χ3v) is 4.94. The zero-order valence-electron chi connectivity index (χ0n) is 12.9. The van der Waals surface area contributed by atoms with E-state index in [1.165, 1.54) is 11.1 Å². The van der Waals surface area contributed by atoms with Gasteiger partial charge in [0.15, 0.2) is 0 Å². The minimum Gasteiger partial charge on any atom is -0.299 e. The second-order valence-electron chi connectivity index (χ2n) is 5.87. The highest BCUT2D eigenvalue weighted by Crippen LogP contribution is 2.20. The van der Waals surface area contributed by atoms with Crippen LogP contribution in [-0.4, -0.2) is 5.78 Å². The Morgan fingerprint density at radius 3 is 1.41 bits per heavy atom. The molecule has 0 spiro atoms. The summed E-state index contributed by atoms with van der Waals surface area (Å²) in [5.41, 5.74) is 2.42. The predicted octanol–water partition coefficient (Wildman–Crippen LogP) is 5.84. The topological polar surface area (TPSA) is 17.1 Å². The molecule has 0 heterocycles. The Kier molecular flexibility index (Phi) is 6.39. The molecule has 0 bridgehead atoms. The van der Waals surface area contributed by atoms with E-state index in [4.69, 9.17) is 0 Å². The van der Waals surface area contributed by atoms with Crippen molar-refractivity contribution in [2.45, 2.75) is 26.7 Å². The average Bonchev–Trinajstić information content (AvgIpc) is 2.51. The predicted molar refractivity (Wildman–Crippen MR) is 99.0 cm³/mol. The molecule has 0 aromatic heterocycles. The van der Waals surface area contributed by atoms with Crippen molar-refractivity contribution in [2.75, 3.05) is 0 Å². The van der Waals surface area contributed by atoms with E-state index in [0.29, 0.717) is 5.78 Å². The van der Waals surface area contributed by atoms with Crippen molar-refractivity contribution in [2.24, 2.45) is 11.8 Å². The third kappa shape index (κ3) is 5.06. The molecule has 3 heteroatoms. The molecule has 0 aliphatic carbocycles. The average molecular weight is 424 g/mol. The van der Waals surface area contributed by atoms with Crippen molar-refractivity contribution in [1.82, 2.24) is 0 Å². The number of benzene rings is 2. The molecule has 2 rings (SSSR count). The van der Waals surface area contributed by atoms with Gasteiger partial charge < -0.3 is 0 Å². The van der Waals surface area contributed by atoms with E-state index in [1.54, 1.807) is 0 Å². The first-order valence-electron chi connectivity index (χ1n) is 7.48. The maximum Gasteiger partial charge on any atom is 0.139 e. The normalized spacial score (nSPS) is 13.6. The molecule has 0 radical (unpaired) electrons. The zero-order chi connectivity index (χ0) is 16.1. The van der Waals surface area contributed by atoms with Crippen LogP contribution < -0.4 is 0 Å².